The predicted molar refractivity (Wildman–Crippen MR) is 74.5 cm³/mol. The molecule has 0 heterocycles. The molecular formula is C16H22O3. The second kappa shape index (κ2) is 6.09. The van der Waals surface area contributed by atoms with Crippen LogP contribution in [0.2, 0.25) is 0 Å². The molecule has 1 N–H and O–H groups in total. The molecule has 1 aliphatic rings. The van der Waals surface area contributed by atoms with Crippen molar-refractivity contribution in [2.75, 3.05) is 6.61 Å². The van der Waals surface area contributed by atoms with Crippen LogP contribution >= 0.6 is 0 Å². The molecule has 0 spiro atoms. The van der Waals surface area contributed by atoms with Crippen LogP contribution in [0.1, 0.15) is 44.6 Å². The Labute approximate surface area is 114 Å². The summed E-state index contributed by atoms with van der Waals surface area (Å²) in [6.07, 6.45) is 5.26. The minimum absolute atomic E-state index is 0.484. The Hall–Kier alpha value is -1.51. The lowest BCUT2D eigenvalue weighted by Gasteiger charge is -2.23. The Balaban J connectivity index is 1.86. The fraction of sp³-hybridized carbons (Fsp3) is 0.562. The second-order valence-corrected chi connectivity index (χ2v) is 5.39. The Morgan fingerprint density at radius 3 is 2.42 bits per heavy atom. The van der Waals surface area contributed by atoms with Crippen molar-refractivity contribution in [3.8, 4) is 5.75 Å². The van der Waals surface area contributed by atoms with E-state index in [1.165, 1.54) is 5.56 Å². The maximum Gasteiger partial charge on any atom is 0.309 e. The molecule has 1 aromatic rings. The third kappa shape index (κ3) is 3.28. The highest BCUT2D eigenvalue weighted by Crippen LogP contribution is 2.41. The van der Waals surface area contributed by atoms with Crippen LogP contribution in [-0.2, 0) is 11.2 Å². The zero-order chi connectivity index (χ0) is 13.7. The second-order valence-electron chi connectivity index (χ2n) is 5.39. The molecule has 0 saturated heterocycles. The molecule has 0 bridgehead atoms. The van der Waals surface area contributed by atoms with Gasteiger partial charge in [0.15, 0.2) is 0 Å². The molecule has 1 fully saturated rings. The van der Waals surface area contributed by atoms with Gasteiger partial charge in [0.2, 0.25) is 0 Å². The maximum atomic E-state index is 11.4. The van der Waals surface area contributed by atoms with E-state index in [1.807, 2.05) is 12.1 Å². The standard InChI is InChI=1S/C16H22O3/c1-2-13-5-7-14(8-6-13)19-12-11-16(15(17)18)9-3-4-10-16/h5-8H,2-4,9-12H2,1H3,(H,17,18). The quantitative estimate of drug-likeness (QED) is 0.851. The molecule has 19 heavy (non-hydrogen) atoms. The first-order valence-corrected chi connectivity index (χ1v) is 7.11. The smallest absolute Gasteiger partial charge is 0.309 e. The lowest BCUT2D eigenvalue weighted by Crippen LogP contribution is -2.29. The molecule has 0 atom stereocenters. The summed E-state index contributed by atoms with van der Waals surface area (Å²) in [6.45, 7) is 2.60. The number of carboxylic acid groups (broad SMARTS) is 1. The summed E-state index contributed by atoms with van der Waals surface area (Å²) in [5.74, 6) is 0.172. The van der Waals surface area contributed by atoms with Gasteiger partial charge in [0, 0.05) is 0 Å². The average Bonchev–Trinajstić information content (AvgIpc) is 2.90. The van der Waals surface area contributed by atoms with Crippen LogP contribution in [0.25, 0.3) is 0 Å². The number of ether oxygens (including phenoxy) is 1. The SMILES string of the molecule is CCc1ccc(OCCC2(C(=O)O)CCCC2)cc1. The summed E-state index contributed by atoms with van der Waals surface area (Å²) in [5.41, 5.74) is 0.744. The Morgan fingerprint density at radius 1 is 1.26 bits per heavy atom. The average molecular weight is 262 g/mol. The van der Waals surface area contributed by atoms with Gasteiger partial charge in [-0.15, -0.1) is 0 Å². The van der Waals surface area contributed by atoms with E-state index in [0.717, 1.165) is 37.9 Å². The van der Waals surface area contributed by atoms with Gasteiger partial charge in [-0.1, -0.05) is 31.9 Å². The molecular weight excluding hydrogens is 240 g/mol. The van der Waals surface area contributed by atoms with Gasteiger partial charge >= 0.3 is 5.97 Å². The van der Waals surface area contributed by atoms with Crippen LogP contribution in [0.4, 0.5) is 0 Å². The summed E-state index contributed by atoms with van der Waals surface area (Å²) in [4.78, 5) is 11.4. The number of aliphatic carboxylic acids is 1. The predicted octanol–water partition coefficient (Wildman–Crippen LogP) is 3.66. The van der Waals surface area contributed by atoms with Crippen molar-refractivity contribution >= 4 is 5.97 Å². The molecule has 1 saturated carbocycles. The molecule has 3 nitrogen and oxygen atoms in total. The maximum absolute atomic E-state index is 11.4. The number of aryl methyl sites for hydroxylation is 1. The van der Waals surface area contributed by atoms with Crippen molar-refractivity contribution in [1.29, 1.82) is 0 Å². The van der Waals surface area contributed by atoms with E-state index in [4.69, 9.17) is 4.74 Å². The van der Waals surface area contributed by atoms with Crippen LogP contribution in [0, 0.1) is 5.41 Å². The number of hydrogen-bond donors (Lipinski definition) is 1. The van der Waals surface area contributed by atoms with Crippen LogP contribution in [0.15, 0.2) is 24.3 Å². The molecule has 0 radical (unpaired) electrons. The van der Waals surface area contributed by atoms with Gasteiger partial charge in [0.05, 0.1) is 12.0 Å². The third-order valence-electron chi connectivity index (χ3n) is 4.20. The highest BCUT2D eigenvalue weighted by molar-refractivity contribution is 5.74. The fourth-order valence-corrected chi connectivity index (χ4v) is 2.81. The molecule has 0 unspecified atom stereocenters. The minimum Gasteiger partial charge on any atom is -0.494 e. The monoisotopic (exact) mass is 262 g/mol. The molecule has 0 amide bonds. The summed E-state index contributed by atoms with van der Waals surface area (Å²) < 4.78 is 5.68. The van der Waals surface area contributed by atoms with Gasteiger partial charge in [-0.3, -0.25) is 4.79 Å². The zero-order valence-electron chi connectivity index (χ0n) is 11.5. The molecule has 2 rings (SSSR count). The number of benzene rings is 1. The highest BCUT2D eigenvalue weighted by atomic mass is 16.5. The number of carboxylic acids is 1. The van der Waals surface area contributed by atoms with E-state index in [1.54, 1.807) is 0 Å². The van der Waals surface area contributed by atoms with Crippen LogP contribution in [0.5, 0.6) is 5.75 Å². The van der Waals surface area contributed by atoms with Gasteiger partial charge in [-0.25, -0.2) is 0 Å². The fourth-order valence-electron chi connectivity index (χ4n) is 2.81. The lowest BCUT2D eigenvalue weighted by molar-refractivity contribution is -0.149. The van der Waals surface area contributed by atoms with Crippen LogP contribution in [-0.4, -0.2) is 17.7 Å². The topological polar surface area (TPSA) is 46.5 Å². The third-order valence-corrected chi connectivity index (χ3v) is 4.20. The van der Waals surface area contributed by atoms with E-state index in [-0.39, 0.29) is 0 Å². The van der Waals surface area contributed by atoms with E-state index >= 15 is 0 Å². The first-order chi connectivity index (χ1) is 9.16. The van der Waals surface area contributed by atoms with Crippen LogP contribution in [0.3, 0.4) is 0 Å². The van der Waals surface area contributed by atoms with Gasteiger partial charge in [0.25, 0.3) is 0 Å². The van der Waals surface area contributed by atoms with Gasteiger partial charge in [-0.2, -0.15) is 0 Å². The number of hydrogen-bond acceptors (Lipinski definition) is 2. The Morgan fingerprint density at radius 2 is 1.89 bits per heavy atom. The molecule has 3 heteroatoms. The first kappa shape index (κ1) is 13.9. The lowest BCUT2D eigenvalue weighted by atomic mass is 9.83. The Kier molecular flexibility index (Phi) is 4.46. The van der Waals surface area contributed by atoms with Crippen molar-refractivity contribution in [2.24, 2.45) is 5.41 Å². The molecule has 1 aliphatic carbocycles. The van der Waals surface area contributed by atoms with E-state index < -0.39 is 11.4 Å². The number of rotatable bonds is 6. The summed E-state index contributed by atoms with van der Waals surface area (Å²) in [5, 5.41) is 9.37. The van der Waals surface area contributed by atoms with Crippen molar-refractivity contribution in [3.05, 3.63) is 29.8 Å². The summed E-state index contributed by atoms with van der Waals surface area (Å²) in [6, 6.07) is 8.03. The van der Waals surface area contributed by atoms with E-state index in [9.17, 15) is 9.90 Å². The van der Waals surface area contributed by atoms with Gasteiger partial charge in [-0.05, 0) is 43.4 Å². The van der Waals surface area contributed by atoms with E-state index in [0.29, 0.717) is 13.0 Å². The van der Waals surface area contributed by atoms with Crippen molar-refractivity contribution in [3.63, 3.8) is 0 Å². The number of carbonyl (C=O) groups is 1. The molecule has 0 aliphatic heterocycles. The van der Waals surface area contributed by atoms with Crippen LogP contribution < -0.4 is 4.74 Å². The minimum atomic E-state index is -0.657. The van der Waals surface area contributed by atoms with Gasteiger partial charge in [0.1, 0.15) is 5.75 Å². The zero-order valence-corrected chi connectivity index (χ0v) is 11.5. The largest absolute Gasteiger partial charge is 0.494 e. The van der Waals surface area contributed by atoms with E-state index in [2.05, 4.69) is 19.1 Å². The van der Waals surface area contributed by atoms with Crippen molar-refractivity contribution < 1.29 is 14.6 Å². The highest BCUT2D eigenvalue weighted by Gasteiger charge is 2.40. The first-order valence-electron chi connectivity index (χ1n) is 7.11. The van der Waals surface area contributed by atoms with Crippen molar-refractivity contribution in [1.82, 2.24) is 0 Å². The summed E-state index contributed by atoms with van der Waals surface area (Å²) >= 11 is 0. The van der Waals surface area contributed by atoms with Crippen molar-refractivity contribution in [2.45, 2.75) is 45.4 Å². The Bertz CT molecular complexity index is 416. The molecule has 104 valence electrons. The summed E-state index contributed by atoms with van der Waals surface area (Å²) in [7, 11) is 0. The molecule has 0 aromatic heterocycles. The normalized spacial score (nSPS) is 17.3. The molecule has 1 aromatic carbocycles. The van der Waals surface area contributed by atoms with Gasteiger partial charge < -0.3 is 9.84 Å².